The molecule has 1 heterocycles. The number of hydrogen-bond donors (Lipinski definition) is 1. The molecule has 10 heavy (non-hydrogen) atoms. The van der Waals surface area contributed by atoms with Gasteiger partial charge in [0.05, 0.1) is 12.3 Å². The number of halogens is 1. The molecule has 0 amide bonds. The van der Waals surface area contributed by atoms with E-state index in [-0.39, 0.29) is 6.61 Å². The number of hydrogen-bond acceptors (Lipinski definition) is 2. The minimum Gasteiger partial charge on any atom is -0.390 e. The maximum atomic E-state index is 8.73. The Labute approximate surface area is 64.5 Å². The largest absolute Gasteiger partial charge is 0.390 e. The smallest absolute Gasteiger partial charge is 0.0856 e. The summed E-state index contributed by atoms with van der Waals surface area (Å²) in [4.78, 5) is 3.93. The topological polar surface area (TPSA) is 33.1 Å². The Balaban J connectivity index is 2.96. The minimum absolute atomic E-state index is 0.0388. The van der Waals surface area contributed by atoms with Gasteiger partial charge in [-0.25, -0.2) is 0 Å². The van der Waals surface area contributed by atoms with Crippen molar-refractivity contribution < 1.29 is 5.11 Å². The van der Waals surface area contributed by atoms with E-state index in [2.05, 4.69) is 4.98 Å². The third-order valence-corrected chi connectivity index (χ3v) is 1.57. The number of nitrogens with zero attached hydrogens (tertiary/aromatic N) is 1. The predicted molar refractivity (Wildman–Crippen MR) is 39.7 cm³/mol. The second-order valence-corrected chi connectivity index (χ2v) is 2.17. The first-order valence-corrected chi connectivity index (χ1v) is 3.51. The Hall–Kier alpha value is -0.600. The number of pyridine rings is 1. The van der Waals surface area contributed by atoms with Gasteiger partial charge in [0.1, 0.15) is 0 Å². The third-order valence-electron chi connectivity index (χ3n) is 1.28. The molecule has 0 aliphatic rings. The molecule has 1 N–H and O–H groups in total. The summed E-state index contributed by atoms with van der Waals surface area (Å²) in [6.45, 7) is -0.0388. The van der Waals surface area contributed by atoms with Crippen LogP contribution in [0.3, 0.4) is 0 Å². The molecule has 54 valence electrons. The van der Waals surface area contributed by atoms with Crippen LogP contribution in [-0.2, 0) is 12.5 Å². The van der Waals surface area contributed by atoms with Crippen molar-refractivity contribution in [1.82, 2.24) is 4.98 Å². The zero-order chi connectivity index (χ0) is 7.40. The van der Waals surface area contributed by atoms with Crippen molar-refractivity contribution in [2.75, 3.05) is 0 Å². The van der Waals surface area contributed by atoms with Crippen LogP contribution in [0, 0.1) is 0 Å². The van der Waals surface area contributed by atoms with Gasteiger partial charge in [-0.3, -0.25) is 4.98 Å². The van der Waals surface area contributed by atoms with Crippen molar-refractivity contribution >= 4 is 11.6 Å². The number of aliphatic hydroxyl groups is 1. The fourth-order valence-corrected chi connectivity index (χ4v) is 0.979. The van der Waals surface area contributed by atoms with E-state index < -0.39 is 0 Å². The van der Waals surface area contributed by atoms with Gasteiger partial charge in [0.15, 0.2) is 0 Å². The first-order valence-electron chi connectivity index (χ1n) is 2.98. The molecule has 2 nitrogen and oxygen atoms in total. The van der Waals surface area contributed by atoms with E-state index in [0.717, 1.165) is 5.56 Å². The third kappa shape index (κ3) is 1.46. The Kier molecular flexibility index (Phi) is 2.66. The quantitative estimate of drug-likeness (QED) is 0.657. The van der Waals surface area contributed by atoms with Gasteiger partial charge in [-0.1, -0.05) is 6.07 Å². The van der Waals surface area contributed by atoms with Crippen molar-refractivity contribution in [1.29, 1.82) is 0 Å². The lowest BCUT2D eigenvalue weighted by Gasteiger charge is -1.99. The average Bonchev–Trinajstić information content (AvgIpc) is 2.04. The van der Waals surface area contributed by atoms with Crippen molar-refractivity contribution in [2.24, 2.45) is 0 Å². The molecule has 0 unspecified atom stereocenters. The summed E-state index contributed by atoms with van der Waals surface area (Å²) >= 11 is 5.56. The minimum atomic E-state index is -0.0388. The summed E-state index contributed by atoms with van der Waals surface area (Å²) in [6.07, 6.45) is 1.64. The molecule has 0 saturated heterocycles. The second-order valence-electron chi connectivity index (χ2n) is 1.90. The molecule has 3 heteroatoms. The van der Waals surface area contributed by atoms with Crippen LogP contribution < -0.4 is 0 Å². The molecule has 0 aliphatic heterocycles. The summed E-state index contributed by atoms with van der Waals surface area (Å²) in [7, 11) is 0. The Bertz CT molecular complexity index is 192. The molecule has 1 rings (SSSR count). The van der Waals surface area contributed by atoms with Crippen LogP contribution in [0.5, 0.6) is 0 Å². The second kappa shape index (κ2) is 3.54. The van der Waals surface area contributed by atoms with Crippen molar-refractivity contribution in [3.8, 4) is 0 Å². The lowest BCUT2D eigenvalue weighted by atomic mass is 10.2. The summed E-state index contributed by atoms with van der Waals surface area (Å²) in [5.41, 5.74) is 1.56. The van der Waals surface area contributed by atoms with E-state index in [1.54, 1.807) is 12.3 Å². The van der Waals surface area contributed by atoms with Gasteiger partial charge in [0.25, 0.3) is 0 Å². The Morgan fingerprint density at radius 1 is 1.60 bits per heavy atom. The number of aliphatic hydroxyl groups excluding tert-OH is 1. The monoisotopic (exact) mass is 157 g/mol. The molecule has 0 spiro atoms. The first-order chi connectivity index (χ1) is 4.88. The van der Waals surface area contributed by atoms with Crippen LogP contribution in [0.1, 0.15) is 11.3 Å². The van der Waals surface area contributed by atoms with Gasteiger partial charge in [-0.05, 0) is 11.6 Å². The van der Waals surface area contributed by atoms with Gasteiger partial charge in [-0.2, -0.15) is 0 Å². The summed E-state index contributed by atoms with van der Waals surface area (Å²) < 4.78 is 0. The maximum absolute atomic E-state index is 8.73. The van der Waals surface area contributed by atoms with Gasteiger partial charge >= 0.3 is 0 Å². The van der Waals surface area contributed by atoms with E-state index >= 15 is 0 Å². The zero-order valence-corrected chi connectivity index (χ0v) is 6.17. The molecule has 0 aromatic carbocycles. The van der Waals surface area contributed by atoms with E-state index in [4.69, 9.17) is 16.7 Å². The van der Waals surface area contributed by atoms with Crippen LogP contribution in [-0.4, -0.2) is 10.1 Å². The van der Waals surface area contributed by atoms with Crippen LogP contribution in [0.2, 0.25) is 0 Å². The van der Waals surface area contributed by atoms with Gasteiger partial charge < -0.3 is 5.11 Å². The number of alkyl halides is 1. The average molecular weight is 158 g/mol. The Morgan fingerprint density at radius 2 is 2.40 bits per heavy atom. The van der Waals surface area contributed by atoms with Crippen molar-refractivity contribution in [3.05, 3.63) is 29.6 Å². The molecule has 0 atom stereocenters. The molecule has 0 aliphatic carbocycles. The fourth-order valence-electron chi connectivity index (χ4n) is 0.735. The normalized spacial score (nSPS) is 9.80. The lowest BCUT2D eigenvalue weighted by Crippen LogP contribution is -1.93. The van der Waals surface area contributed by atoms with E-state index in [0.29, 0.717) is 11.6 Å². The van der Waals surface area contributed by atoms with Crippen LogP contribution in [0.4, 0.5) is 0 Å². The SMILES string of the molecule is OCc1ncccc1CCl. The van der Waals surface area contributed by atoms with E-state index in [1.165, 1.54) is 0 Å². The predicted octanol–water partition coefficient (Wildman–Crippen LogP) is 1.31. The Morgan fingerprint density at radius 3 is 2.90 bits per heavy atom. The standard InChI is InChI=1S/C7H8ClNO/c8-4-6-2-1-3-9-7(6)5-10/h1-3,10H,4-5H2. The highest BCUT2D eigenvalue weighted by Crippen LogP contribution is 2.07. The van der Waals surface area contributed by atoms with E-state index in [9.17, 15) is 0 Å². The molecule has 1 aromatic rings. The maximum Gasteiger partial charge on any atom is 0.0856 e. The first kappa shape index (κ1) is 7.51. The van der Waals surface area contributed by atoms with Crippen LogP contribution in [0.15, 0.2) is 18.3 Å². The highest BCUT2D eigenvalue weighted by atomic mass is 35.5. The van der Waals surface area contributed by atoms with Gasteiger partial charge in [-0.15, -0.1) is 11.6 Å². The summed E-state index contributed by atoms with van der Waals surface area (Å²) in [6, 6.07) is 3.66. The molecular weight excluding hydrogens is 150 g/mol. The van der Waals surface area contributed by atoms with Crippen molar-refractivity contribution in [3.63, 3.8) is 0 Å². The highest BCUT2D eigenvalue weighted by molar-refractivity contribution is 6.17. The van der Waals surface area contributed by atoms with Gasteiger partial charge in [0, 0.05) is 12.1 Å². The van der Waals surface area contributed by atoms with E-state index in [1.807, 2.05) is 6.07 Å². The lowest BCUT2D eigenvalue weighted by molar-refractivity contribution is 0.276. The fraction of sp³-hybridized carbons (Fsp3) is 0.286. The number of rotatable bonds is 2. The van der Waals surface area contributed by atoms with Crippen molar-refractivity contribution in [2.45, 2.75) is 12.5 Å². The molecule has 1 aromatic heterocycles. The molecule has 0 saturated carbocycles. The van der Waals surface area contributed by atoms with Gasteiger partial charge in [0.2, 0.25) is 0 Å². The molecule has 0 bridgehead atoms. The van der Waals surface area contributed by atoms with Crippen LogP contribution >= 0.6 is 11.6 Å². The molecular formula is C7H8ClNO. The highest BCUT2D eigenvalue weighted by Gasteiger charge is 1.97. The summed E-state index contributed by atoms with van der Waals surface area (Å²) in [5, 5.41) is 8.73. The summed E-state index contributed by atoms with van der Waals surface area (Å²) in [5.74, 6) is 0.406. The number of aromatic nitrogens is 1. The molecule has 0 fully saturated rings. The molecule has 0 radical (unpaired) electrons. The van der Waals surface area contributed by atoms with Crippen LogP contribution in [0.25, 0.3) is 0 Å². The zero-order valence-electron chi connectivity index (χ0n) is 5.42.